The molecule has 0 fully saturated rings. The number of carbonyl (C=O) groups is 1. The Kier molecular flexibility index (Phi) is 3.38. The number of hydrogen-bond acceptors (Lipinski definition) is 5. The fraction of sp³-hybridized carbons (Fsp3) is 0.500. The minimum absolute atomic E-state index is 0.0141. The van der Waals surface area contributed by atoms with Crippen LogP contribution in [0, 0.1) is 0 Å². The van der Waals surface area contributed by atoms with Crippen LogP contribution in [0.4, 0.5) is 0 Å². The molecule has 1 rings (SSSR count). The van der Waals surface area contributed by atoms with Gasteiger partial charge in [0, 0.05) is 0 Å². The zero-order valence-corrected chi connectivity index (χ0v) is 9.61. The van der Waals surface area contributed by atoms with Gasteiger partial charge in [-0.2, -0.15) is 0 Å². The summed E-state index contributed by atoms with van der Waals surface area (Å²) in [4.78, 5) is 14.6. The third-order valence-electron chi connectivity index (χ3n) is 1.62. The van der Waals surface area contributed by atoms with Crippen molar-refractivity contribution in [3.05, 3.63) is 11.2 Å². The van der Waals surface area contributed by atoms with Crippen LogP contribution in [0.2, 0.25) is 0 Å². The zero-order chi connectivity index (χ0) is 10.8. The van der Waals surface area contributed by atoms with E-state index in [1.165, 1.54) is 13.1 Å². The molecular formula is C8H11NO3S2. The van der Waals surface area contributed by atoms with Crippen molar-refractivity contribution in [1.29, 1.82) is 0 Å². The quantitative estimate of drug-likeness (QED) is 0.780. The number of hydrogen-bond donors (Lipinski definition) is 0. The van der Waals surface area contributed by atoms with Gasteiger partial charge < -0.3 is 0 Å². The van der Waals surface area contributed by atoms with Gasteiger partial charge in [0.05, 0.1) is 18.4 Å². The molecule has 0 unspecified atom stereocenters. The fourth-order valence-electron chi connectivity index (χ4n) is 0.874. The van der Waals surface area contributed by atoms with Crippen LogP contribution in [0.1, 0.15) is 18.9 Å². The van der Waals surface area contributed by atoms with Gasteiger partial charge >= 0.3 is 0 Å². The summed E-state index contributed by atoms with van der Waals surface area (Å²) in [7, 11) is -3.17. The van der Waals surface area contributed by atoms with Crippen molar-refractivity contribution < 1.29 is 13.2 Å². The van der Waals surface area contributed by atoms with Crippen molar-refractivity contribution in [3.8, 4) is 0 Å². The van der Waals surface area contributed by atoms with E-state index in [9.17, 15) is 13.2 Å². The monoisotopic (exact) mass is 233 g/mol. The molecule has 0 amide bonds. The minimum Gasteiger partial charge on any atom is -0.300 e. The zero-order valence-electron chi connectivity index (χ0n) is 7.98. The molecule has 0 radical (unpaired) electrons. The lowest BCUT2D eigenvalue weighted by Gasteiger charge is -1.93. The molecule has 0 saturated carbocycles. The van der Waals surface area contributed by atoms with Gasteiger partial charge in [0.2, 0.25) is 0 Å². The summed E-state index contributed by atoms with van der Waals surface area (Å²) >= 11 is 1.07. The van der Waals surface area contributed by atoms with E-state index in [2.05, 4.69) is 4.98 Å². The summed E-state index contributed by atoms with van der Waals surface area (Å²) in [6.45, 7) is 3.04. The molecular weight excluding hydrogens is 222 g/mol. The number of ketones is 1. The van der Waals surface area contributed by atoms with E-state index in [1.54, 1.807) is 6.92 Å². The molecule has 1 aromatic rings. The van der Waals surface area contributed by atoms with Crippen LogP contribution < -0.4 is 0 Å². The Labute approximate surface area is 86.9 Å². The molecule has 0 aliphatic rings. The topological polar surface area (TPSA) is 64.1 Å². The number of aromatic nitrogens is 1. The van der Waals surface area contributed by atoms with E-state index in [0.717, 1.165) is 11.3 Å². The molecule has 0 aliphatic carbocycles. The van der Waals surface area contributed by atoms with Crippen LogP contribution in [0.5, 0.6) is 0 Å². The molecule has 14 heavy (non-hydrogen) atoms. The molecule has 4 nitrogen and oxygen atoms in total. The van der Waals surface area contributed by atoms with E-state index >= 15 is 0 Å². The highest BCUT2D eigenvalue weighted by Crippen LogP contribution is 2.20. The number of thiazole rings is 1. The summed E-state index contributed by atoms with van der Waals surface area (Å²) in [6, 6.07) is 0. The van der Waals surface area contributed by atoms with Crippen LogP contribution >= 0.6 is 11.3 Å². The maximum atomic E-state index is 11.4. The van der Waals surface area contributed by atoms with Gasteiger partial charge in [0.1, 0.15) is 15.0 Å². The average molecular weight is 233 g/mol. The SMILES string of the molecule is CCS(=O)(=O)c1cnc(CC(C)=O)s1. The minimum atomic E-state index is -3.17. The van der Waals surface area contributed by atoms with Gasteiger partial charge in [-0.25, -0.2) is 13.4 Å². The summed E-state index contributed by atoms with van der Waals surface area (Å²) in [5.74, 6) is 0.0501. The van der Waals surface area contributed by atoms with Crippen molar-refractivity contribution >= 4 is 27.0 Å². The van der Waals surface area contributed by atoms with Crippen LogP contribution in [0.25, 0.3) is 0 Å². The van der Waals surface area contributed by atoms with Crippen molar-refractivity contribution in [2.24, 2.45) is 0 Å². The number of Topliss-reactive ketones (excluding diaryl/α,β-unsaturated/α-hetero) is 1. The lowest BCUT2D eigenvalue weighted by atomic mass is 10.3. The molecule has 0 spiro atoms. The van der Waals surface area contributed by atoms with Crippen molar-refractivity contribution in [2.75, 3.05) is 5.75 Å². The number of sulfone groups is 1. The third kappa shape index (κ3) is 2.62. The summed E-state index contributed by atoms with van der Waals surface area (Å²) < 4.78 is 23.0. The first-order valence-corrected chi connectivity index (χ1v) is 6.59. The molecule has 0 saturated heterocycles. The Hall–Kier alpha value is -0.750. The Balaban J connectivity index is 2.94. The molecule has 1 aromatic heterocycles. The van der Waals surface area contributed by atoms with Crippen LogP contribution in [0.3, 0.4) is 0 Å². The molecule has 78 valence electrons. The standard InChI is InChI=1S/C8H11NO3S2/c1-3-14(11,12)8-5-9-7(13-8)4-6(2)10/h5H,3-4H2,1-2H3. The highest BCUT2D eigenvalue weighted by molar-refractivity contribution is 7.93. The van der Waals surface area contributed by atoms with Gasteiger partial charge in [0.25, 0.3) is 0 Å². The molecule has 0 bridgehead atoms. The second-order valence-electron chi connectivity index (χ2n) is 2.86. The van der Waals surface area contributed by atoms with Gasteiger partial charge in [-0.3, -0.25) is 4.79 Å². The van der Waals surface area contributed by atoms with Crippen molar-refractivity contribution in [2.45, 2.75) is 24.5 Å². The Morgan fingerprint density at radius 3 is 2.71 bits per heavy atom. The highest BCUT2D eigenvalue weighted by atomic mass is 32.2. The predicted octanol–water partition coefficient (Wildman–Crippen LogP) is 1.07. The third-order valence-corrected chi connectivity index (χ3v) is 4.90. The number of nitrogens with zero attached hydrogens (tertiary/aromatic N) is 1. The van der Waals surface area contributed by atoms with Crippen LogP contribution in [-0.4, -0.2) is 24.9 Å². The predicted molar refractivity (Wildman–Crippen MR) is 54.2 cm³/mol. The van der Waals surface area contributed by atoms with E-state index < -0.39 is 9.84 Å². The smallest absolute Gasteiger partial charge is 0.189 e. The Morgan fingerprint density at radius 1 is 1.57 bits per heavy atom. The molecule has 6 heteroatoms. The first-order chi connectivity index (χ1) is 6.45. The van der Waals surface area contributed by atoms with Crippen molar-refractivity contribution in [3.63, 3.8) is 0 Å². The van der Waals surface area contributed by atoms with Gasteiger partial charge in [0.15, 0.2) is 9.84 Å². The molecule has 0 aromatic carbocycles. The fourth-order valence-corrected chi connectivity index (χ4v) is 3.24. The van der Waals surface area contributed by atoms with Crippen LogP contribution in [-0.2, 0) is 21.1 Å². The average Bonchev–Trinajstić information content (AvgIpc) is 2.52. The van der Waals surface area contributed by atoms with Crippen molar-refractivity contribution in [1.82, 2.24) is 4.98 Å². The summed E-state index contributed by atoms with van der Waals surface area (Å²) in [5.41, 5.74) is 0. The lowest BCUT2D eigenvalue weighted by Crippen LogP contribution is -2.00. The molecule has 0 atom stereocenters. The number of carbonyl (C=O) groups excluding carboxylic acids is 1. The van der Waals surface area contributed by atoms with Gasteiger partial charge in [-0.05, 0) is 6.92 Å². The van der Waals surface area contributed by atoms with Gasteiger partial charge in [-0.1, -0.05) is 6.92 Å². The maximum absolute atomic E-state index is 11.4. The second-order valence-corrected chi connectivity index (χ2v) is 6.48. The first-order valence-electron chi connectivity index (χ1n) is 4.12. The molecule has 1 heterocycles. The second kappa shape index (κ2) is 4.18. The normalized spacial score (nSPS) is 11.6. The molecule has 0 N–H and O–H groups in total. The van der Waals surface area contributed by atoms with Gasteiger partial charge in [-0.15, -0.1) is 11.3 Å². The Morgan fingerprint density at radius 2 is 2.21 bits per heavy atom. The van der Waals surface area contributed by atoms with E-state index in [0.29, 0.717) is 5.01 Å². The van der Waals surface area contributed by atoms with Crippen LogP contribution in [0.15, 0.2) is 10.4 Å². The van der Waals surface area contributed by atoms with E-state index in [1.807, 2.05) is 0 Å². The highest BCUT2D eigenvalue weighted by Gasteiger charge is 2.15. The largest absolute Gasteiger partial charge is 0.300 e. The Bertz CT molecular complexity index is 433. The van der Waals surface area contributed by atoms with E-state index in [-0.39, 0.29) is 22.2 Å². The summed E-state index contributed by atoms with van der Waals surface area (Å²) in [5, 5.41) is 0.560. The maximum Gasteiger partial charge on any atom is 0.189 e. The van der Waals surface area contributed by atoms with E-state index in [4.69, 9.17) is 0 Å². The lowest BCUT2D eigenvalue weighted by molar-refractivity contribution is -0.116. The molecule has 0 aliphatic heterocycles. The summed E-state index contributed by atoms with van der Waals surface area (Å²) in [6.07, 6.45) is 1.53. The first kappa shape index (κ1) is 11.3. The number of rotatable bonds is 4.